The number of carbonyl (C=O) groups excluding carboxylic acids is 2. The topological polar surface area (TPSA) is 54.3 Å². The molecule has 5 nitrogen and oxygen atoms in total. The Morgan fingerprint density at radius 2 is 1.68 bits per heavy atom. The smallest absolute Gasteiger partial charge is 0.272 e. The second-order valence-corrected chi connectivity index (χ2v) is 8.70. The summed E-state index contributed by atoms with van der Waals surface area (Å²) in [6, 6.07) is 21.5. The van der Waals surface area contributed by atoms with Crippen molar-refractivity contribution in [1.82, 2.24) is 9.47 Å². The number of aromatic nitrogens is 1. The van der Waals surface area contributed by atoms with E-state index in [1.54, 1.807) is 36.4 Å². The number of anilines is 1. The Morgan fingerprint density at radius 3 is 2.47 bits per heavy atom. The maximum atomic E-state index is 14.4. The summed E-state index contributed by atoms with van der Waals surface area (Å²) < 4.78 is 16.2. The van der Waals surface area contributed by atoms with Gasteiger partial charge in [0, 0.05) is 40.8 Å². The molecule has 2 amide bonds. The first-order valence-electron chi connectivity index (χ1n) is 11.5. The van der Waals surface area contributed by atoms with Gasteiger partial charge < -0.3 is 14.8 Å². The fourth-order valence-corrected chi connectivity index (χ4v) is 4.65. The molecule has 6 heteroatoms. The second kappa shape index (κ2) is 9.14. The number of hydrogen-bond acceptors (Lipinski definition) is 2. The second-order valence-electron chi connectivity index (χ2n) is 8.70. The van der Waals surface area contributed by atoms with Crippen molar-refractivity contribution in [1.29, 1.82) is 0 Å². The Kier molecular flexibility index (Phi) is 5.88. The van der Waals surface area contributed by atoms with E-state index in [1.807, 2.05) is 46.7 Å². The highest BCUT2D eigenvalue weighted by atomic mass is 19.1. The van der Waals surface area contributed by atoms with Crippen molar-refractivity contribution in [3.8, 4) is 0 Å². The maximum absolute atomic E-state index is 14.4. The third-order valence-electron chi connectivity index (χ3n) is 6.54. The normalized spacial score (nSPS) is 13.4. The van der Waals surface area contributed by atoms with Crippen LogP contribution in [-0.2, 0) is 6.54 Å². The van der Waals surface area contributed by atoms with Gasteiger partial charge in [0.25, 0.3) is 11.8 Å². The standard InChI is InChI=1S/C28H26FN3O2/c1-19-22(28(34)31-15-6-7-16-31)11-8-13-24(19)30-27(33)26-17-20-9-3-5-14-25(20)32(26)18-21-10-2-4-12-23(21)29/h2-5,8-14,17H,6-7,15-16,18H2,1H3,(H,30,33). The van der Waals surface area contributed by atoms with Crippen LogP contribution in [0, 0.1) is 12.7 Å². The van der Waals surface area contributed by atoms with Crippen molar-refractivity contribution >= 4 is 28.4 Å². The number of fused-ring (bicyclic) bond motifs is 1. The fourth-order valence-electron chi connectivity index (χ4n) is 4.65. The highest BCUT2D eigenvalue weighted by Crippen LogP contribution is 2.26. The first-order valence-corrected chi connectivity index (χ1v) is 11.5. The van der Waals surface area contributed by atoms with E-state index in [0.717, 1.165) is 42.4 Å². The minimum Gasteiger partial charge on any atom is -0.339 e. The van der Waals surface area contributed by atoms with Gasteiger partial charge in [0.05, 0.1) is 6.54 Å². The van der Waals surface area contributed by atoms with Crippen molar-refractivity contribution in [2.24, 2.45) is 0 Å². The van der Waals surface area contributed by atoms with Crippen LogP contribution < -0.4 is 5.32 Å². The SMILES string of the molecule is Cc1c(NC(=O)c2cc3ccccc3n2Cc2ccccc2F)cccc1C(=O)N1CCCC1. The summed E-state index contributed by atoms with van der Waals surface area (Å²) in [5.74, 6) is -0.614. The predicted octanol–water partition coefficient (Wildman–Crippen LogP) is 5.63. The van der Waals surface area contributed by atoms with E-state index in [1.165, 1.54) is 6.07 Å². The van der Waals surface area contributed by atoms with Gasteiger partial charge in [-0.3, -0.25) is 9.59 Å². The van der Waals surface area contributed by atoms with Crippen molar-refractivity contribution in [2.45, 2.75) is 26.3 Å². The van der Waals surface area contributed by atoms with Gasteiger partial charge in [-0.05, 0) is 55.7 Å². The van der Waals surface area contributed by atoms with Crippen molar-refractivity contribution < 1.29 is 14.0 Å². The zero-order valence-corrected chi connectivity index (χ0v) is 19.1. The zero-order valence-electron chi connectivity index (χ0n) is 19.1. The lowest BCUT2D eigenvalue weighted by molar-refractivity contribution is 0.0791. The summed E-state index contributed by atoms with van der Waals surface area (Å²) >= 11 is 0. The number of halogens is 1. The molecular weight excluding hydrogens is 429 g/mol. The van der Waals surface area contributed by atoms with Gasteiger partial charge in [0.15, 0.2) is 0 Å². The number of nitrogens with one attached hydrogen (secondary N) is 1. The third-order valence-corrected chi connectivity index (χ3v) is 6.54. The van der Waals surface area contributed by atoms with E-state index < -0.39 is 0 Å². The van der Waals surface area contributed by atoms with Crippen LogP contribution in [-0.4, -0.2) is 34.4 Å². The molecule has 172 valence electrons. The van der Waals surface area contributed by atoms with Gasteiger partial charge in [-0.2, -0.15) is 0 Å². The molecule has 1 saturated heterocycles. The van der Waals surface area contributed by atoms with Crippen LogP contribution >= 0.6 is 0 Å². The molecule has 2 heterocycles. The first-order chi connectivity index (χ1) is 16.5. The molecule has 4 aromatic rings. The minimum absolute atomic E-state index is 0.000217. The Labute approximate surface area is 197 Å². The van der Waals surface area contributed by atoms with Gasteiger partial charge in [-0.25, -0.2) is 4.39 Å². The molecule has 0 unspecified atom stereocenters. The van der Waals surface area contributed by atoms with Gasteiger partial charge >= 0.3 is 0 Å². The van der Waals surface area contributed by atoms with E-state index in [9.17, 15) is 14.0 Å². The number of amides is 2. The number of likely N-dealkylation sites (tertiary alicyclic amines) is 1. The predicted molar refractivity (Wildman–Crippen MR) is 132 cm³/mol. The lowest BCUT2D eigenvalue weighted by Gasteiger charge is -2.18. The van der Waals surface area contributed by atoms with Crippen molar-refractivity contribution in [3.05, 3.63) is 101 Å². The number of nitrogens with zero attached hydrogens (tertiary/aromatic N) is 2. The molecule has 3 aromatic carbocycles. The van der Waals surface area contributed by atoms with Crippen LogP contribution in [0.15, 0.2) is 72.8 Å². The summed E-state index contributed by atoms with van der Waals surface area (Å²) in [5.41, 5.74) is 3.73. The lowest BCUT2D eigenvalue weighted by atomic mass is 10.1. The van der Waals surface area contributed by atoms with Crippen LogP contribution in [0.2, 0.25) is 0 Å². The number of benzene rings is 3. The Bertz CT molecular complexity index is 1390. The van der Waals surface area contributed by atoms with Crippen molar-refractivity contribution in [3.63, 3.8) is 0 Å². The number of carbonyl (C=O) groups is 2. The van der Waals surface area contributed by atoms with Crippen LogP contribution in [0.1, 0.15) is 44.8 Å². The Hall–Kier alpha value is -3.93. The van der Waals surface area contributed by atoms with Crippen LogP contribution in [0.3, 0.4) is 0 Å². The number of para-hydroxylation sites is 1. The van der Waals surface area contributed by atoms with Gasteiger partial charge in [-0.15, -0.1) is 0 Å². The monoisotopic (exact) mass is 455 g/mol. The van der Waals surface area contributed by atoms with Crippen LogP contribution in [0.5, 0.6) is 0 Å². The van der Waals surface area contributed by atoms with Crippen LogP contribution in [0.25, 0.3) is 10.9 Å². The van der Waals surface area contributed by atoms with Gasteiger partial charge in [-0.1, -0.05) is 42.5 Å². The molecule has 0 spiro atoms. The first kappa shape index (κ1) is 21.9. The van der Waals surface area contributed by atoms with Gasteiger partial charge in [0.1, 0.15) is 11.5 Å². The summed E-state index contributed by atoms with van der Waals surface area (Å²) in [7, 11) is 0. The molecular formula is C28H26FN3O2. The fraction of sp³-hybridized carbons (Fsp3) is 0.214. The largest absolute Gasteiger partial charge is 0.339 e. The molecule has 0 saturated carbocycles. The third kappa shape index (κ3) is 4.07. The lowest BCUT2D eigenvalue weighted by Crippen LogP contribution is -2.28. The van der Waals surface area contributed by atoms with E-state index in [2.05, 4.69) is 5.32 Å². The van der Waals surface area contributed by atoms with E-state index >= 15 is 0 Å². The molecule has 0 bridgehead atoms. The Balaban J connectivity index is 1.48. The quantitative estimate of drug-likeness (QED) is 0.424. The average Bonchev–Trinajstić information content (AvgIpc) is 3.50. The molecule has 34 heavy (non-hydrogen) atoms. The molecule has 0 radical (unpaired) electrons. The molecule has 5 rings (SSSR count). The van der Waals surface area contributed by atoms with Gasteiger partial charge in [0.2, 0.25) is 0 Å². The molecule has 1 fully saturated rings. The van der Waals surface area contributed by atoms with E-state index in [-0.39, 0.29) is 24.2 Å². The minimum atomic E-state index is -0.310. The zero-order chi connectivity index (χ0) is 23.7. The van der Waals surface area contributed by atoms with E-state index in [4.69, 9.17) is 0 Å². The summed E-state index contributed by atoms with van der Waals surface area (Å²) in [6.07, 6.45) is 2.04. The summed E-state index contributed by atoms with van der Waals surface area (Å²) in [4.78, 5) is 28.3. The Morgan fingerprint density at radius 1 is 0.941 bits per heavy atom. The highest BCUT2D eigenvalue weighted by Gasteiger charge is 2.23. The molecule has 1 aliphatic heterocycles. The molecule has 1 aliphatic rings. The molecule has 0 aliphatic carbocycles. The average molecular weight is 456 g/mol. The van der Waals surface area contributed by atoms with E-state index in [0.29, 0.717) is 22.5 Å². The molecule has 1 aromatic heterocycles. The van der Waals surface area contributed by atoms with Crippen LogP contribution in [0.4, 0.5) is 10.1 Å². The number of rotatable bonds is 5. The highest BCUT2D eigenvalue weighted by molar-refractivity contribution is 6.07. The summed E-state index contributed by atoms with van der Waals surface area (Å²) in [6.45, 7) is 3.62. The maximum Gasteiger partial charge on any atom is 0.272 e. The molecule has 0 atom stereocenters. The summed E-state index contributed by atoms with van der Waals surface area (Å²) in [5, 5.41) is 3.89. The molecule has 1 N–H and O–H groups in total. The number of hydrogen-bond donors (Lipinski definition) is 1. The van der Waals surface area contributed by atoms with Crippen molar-refractivity contribution in [2.75, 3.05) is 18.4 Å².